The largest absolute Gasteiger partial charge is 0.303 e. The lowest BCUT2D eigenvalue weighted by Crippen LogP contribution is -2.36. The molecule has 1 aromatic rings. The summed E-state index contributed by atoms with van der Waals surface area (Å²) in [7, 11) is 0. The van der Waals surface area contributed by atoms with Gasteiger partial charge in [0.15, 0.2) is 0 Å². The van der Waals surface area contributed by atoms with Gasteiger partial charge in [0.05, 0.1) is 6.04 Å². The van der Waals surface area contributed by atoms with Gasteiger partial charge in [-0.1, -0.05) is 65.8 Å². The van der Waals surface area contributed by atoms with Crippen molar-refractivity contribution < 1.29 is 4.79 Å². The molecule has 1 N–H and O–H groups in total. The molecule has 0 saturated heterocycles. The topological polar surface area (TPSA) is 29.1 Å². The zero-order valence-corrected chi connectivity index (χ0v) is 12.8. The van der Waals surface area contributed by atoms with Crippen LogP contribution in [-0.2, 0) is 17.8 Å². The van der Waals surface area contributed by atoms with Crippen LogP contribution in [0.3, 0.4) is 0 Å². The van der Waals surface area contributed by atoms with Crippen LogP contribution in [0.1, 0.15) is 52.7 Å². The summed E-state index contributed by atoms with van der Waals surface area (Å²) < 4.78 is 0. The maximum Gasteiger partial charge on any atom is 0.137 e. The summed E-state index contributed by atoms with van der Waals surface area (Å²) in [5.74, 6) is 0. The van der Waals surface area contributed by atoms with Gasteiger partial charge in [0.2, 0.25) is 0 Å². The molecular formula is C16H29NO. The molecule has 2 nitrogen and oxygen atoms in total. The minimum atomic E-state index is 0.0138. The van der Waals surface area contributed by atoms with Crippen LogP contribution in [0.2, 0.25) is 0 Å². The molecule has 1 aromatic carbocycles. The Kier molecular flexibility index (Phi) is 14.8. The molecule has 18 heavy (non-hydrogen) atoms. The van der Waals surface area contributed by atoms with Crippen molar-refractivity contribution in [2.75, 3.05) is 0 Å². The van der Waals surface area contributed by atoms with Gasteiger partial charge in [-0.15, -0.1) is 0 Å². The van der Waals surface area contributed by atoms with Crippen molar-refractivity contribution in [1.82, 2.24) is 5.32 Å². The second-order valence-corrected chi connectivity index (χ2v) is 3.10. The van der Waals surface area contributed by atoms with Gasteiger partial charge >= 0.3 is 0 Å². The van der Waals surface area contributed by atoms with Crippen molar-refractivity contribution in [1.29, 1.82) is 0 Å². The predicted octanol–water partition coefficient (Wildman–Crippen LogP) is 3.98. The number of carbonyl (C=O) groups is 1. The third-order valence-corrected chi connectivity index (χ3v) is 2.28. The van der Waals surface area contributed by atoms with Gasteiger partial charge in [0, 0.05) is 6.54 Å². The zero-order chi connectivity index (χ0) is 14.4. The summed E-state index contributed by atoms with van der Waals surface area (Å²) in [4.78, 5) is 10.5. The average Bonchev–Trinajstić information content (AvgIpc) is 2.52. The summed E-state index contributed by atoms with van der Waals surface area (Å²) in [5.41, 5.74) is 2.61. The lowest BCUT2D eigenvalue weighted by atomic mass is 9.97. The van der Waals surface area contributed by atoms with E-state index in [1.54, 1.807) is 0 Å². The fourth-order valence-corrected chi connectivity index (χ4v) is 1.58. The molecule has 0 radical (unpaired) electrons. The van der Waals surface area contributed by atoms with E-state index in [2.05, 4.69) is 17.4 Å². The van der Waals surface area contributed by atoms with E-state index >= 15 is 0 Å². The van der Waals surface area contributed by atoms with Gasteiger partial charge in [-0.3, -0.25) is 0 Å². The monoisotopic (exact) mass is 251 g/mol. The average molecular weight is 251 g/mol. The van der Waals surface area contributed by atoms with Gasteiger partial charge in [-0.05, 0) is 17.5 Å². The number of nitrogens with one attached hydrogen (secondary N) is 1. The standard InChI is InChI=1S/C10H11NO.3C2H6/c12-7-10-5-8-3-1-2-4-9(8)6-11-10;3*1-2/h1-4,7,10-11H,5-6H2;3*1-2H3. The summed E-state index contributed by atoms with van der Waals surface area (Å²) in [6.07, 6.45) is 1.82. The highest BCUT2D eigenvalue weighted by Crippen LogP contribution is 2.14. The van der Waals surface area contributed by atoms with E-state index in [4.69, 9.17) is 0 Å². The molecule has 0 amide bonds. The Hall–Kier alpha value is -1.15. The van der Waals surface area contributed by atoms with E-state index in [0.717, 1.165) is 19.3 Å². The Morgan fingerprint density at radius 2 is 1.50 bits per heavy atom. The molecule has 0 saturated carbocycles. The first-order valence-corrected chi connectivity index (χ1v) is 7.15. The van der Waals surface area contributed by atoms with Crippen LogP contribution in [0, 0.1) is 0 Å². The van der Waals surface area contributed by atoms with Crippen molar-refractivity contribution in [2.45, 2.75) is 60.5 Å². The Morgan fingerprint density at radius 1 is 1.00 bits per heavy atom. The van der Waals surface area contributed by atoms with Crippen LogP contribution in [0.25, 0.3) is 0 Å². The number of aldehydes is 1. The second-order valence-electron chi connectivity index (χ2n) is 3.10. The highest BCUT2D eigenvalue weighted by molar-refractivity contribution is 5.59. The van der Waals surface area contributed by atoms with Crippen LogP contribution in [0.15, 0.2) is 24.3 Å². The maximum absolute atomic E-state index is 10.5. The SMILES string of the molecule is CC.CC.CC.O=CC1Cc2ccccc2CN1. The quantitative estimate of drug-likeness (QED) is 0.765. The molecule has 0 bridgehead atoms. The van der Waals surface area contributed by atoms with Crippen molar-refractivity contribution in [2.24, 2.45) is 0 Å². The molecule has 0 aliphatic carbocycles. The first-order valence-electron chi connectivity index (χ1n) is 7.15. The van der Waals surface area contributed by atoms with E-state index in [1.165, 1.54) is 11.1 Å². The number of hydrogen-bond donors (Lipinski definition) is 1. The minimum absolute atomic E-state index is 0.0138. The van der Waals surface area contributed by atoms with E-state index < -0.39 is 0 Å². The highest BCUT2D eigenvalue weighted by Gasteiger charge is 2.15. The molecule has 1 aliphatic rings. The molecule has 1 unspecified atom stereocenters. The Balaban J connectivity index is 0. The molecule has 2 heteroatoms. The van der Waals surface area contributed by atoms with Crippen molar-refractivity contribution in [3.8, 4) is 0 Å². The molecule has 1 heterocycles. The predicted molar refractivity (Wildman–Crippen MR) is 80.9 cm³/mol. The first-order chi connectivity index (χ1) is 8.90. The Morgan fingerprint density at radius 3 is 2.00 bits per heavy atom. The lowest BCUT2D eigenvalue weighted by molar-refractivity contribution is -0.109. The van der Waals surface area contributed by atoms with Crippen molar-refractivity contribution in [3.05, 3.63) is 35.4 Å². The first kappa shape index (κ1) is 19.2. The van der Waals surface area contributed by atoms with E-state index in [1.807, 2.05) is 53.7 Å². The Bertz CT molecular complexity index is 297. The third-order valence-electron chi connectivity index (χ3n) is 2.28. The summed E-state index contributed by atoms with van der Waals surface area (Å²) in [5, 5.41) is 3.16. The molecule has 2 rings (SSSR count). The summed E-state index contributed by atoms with van der Waals surface area (Å²) >= 11 is 0. The lowest BCUT2D eigenvalue weighted by Gasteiger charge is -2.21. The smallest absolute Gasteiger partial charge is 0.137 e. The molecule has 0 fully saturated rings. The van der Waals surface area contributed by atoms with Crippen molar-refractivity contribution >= 4 is 6.29 Å². The fraction of sp³-hybridized carbons (Fsp3) is 0.562. The molecule has 0 aromatic heterocycles. The van der Waals surface area contributed by atoms with Crippen LogP contribution in [0.5, 0.6) is 0 Å². The van der Waals surface area contributed by atoms with Crippen LogP contribution in [-0.4, -0.2) is 12.3 Å². The van der Waals surface area contributed by atoms with Crippen LogP contribution < -0.4 is 5.32 Å². The van der Waals surface area contributed by atoms with Gasteiger partial charge in [0.25, 0.3) is 0 Å². The van der Waals surface area contributed by atoms with Gasteiger partial charge in [-0.25, -0.2) is 0 Å². The minimum Gasteiger partial charge on any atom is -0.303 e. The highest BCUT2D eigenvalue weighted by atomic mass is 16.1. The number of carbonyl (C=O) groups excluding carboxylic acids is 1. The summed E-state index contributed by atoms with van der Waals surface area (Å²) in [6, 6.07) is 8.25. The molecule has 1 aliphatic heterocycles. The van der Waals surface area contributed by atoms with E-state index in [0.29, 0.717) is 0 Å². The van der Waals surface area contributed by atoms with Gasteiger partial charge < -0.3 is 10.1 Å². The molecule has 0 spiro atoms. The number of benzene rings is 1. The Labute approximate surface area is 113 Å². The van der Waals surface area contributed by atoms with E-state index in [-0.39, 0.29) is 6.04 Å². The third kappa shape index (κ3) is 6.55. The van der Waals surface area contributed by atoms with Crippen molar-refractivity contribution in [3.63, 3.8) is 0 Å². The molecule has 104 valence electrons. The fourth-order valence-electron chi connectivity index (χ4n) is 1.58. The van der Waals surface area contributed by atoms with Gasteiger partial charge in [-0.2, -0.15) is 0 Å². The number of hydrogen-bond acceptors (Lipinski definition) is 2. The molecular weight excluding hydrogens is 222 g/mol. The normalized spacial score (nSPS) is 15.3. The van der Waals surface area contributed by atoms with E-state index in [9.17, 15) is 4.79 Å². The summed E-state index contributed by atoms with van der Waals surface area (Å²) in [6.45, 7) is 12.8. The number of rotatable bonds is 1. The van der Waals surface area contributed by atoms with Crippen LogP contribution >= 0.6 is 0 Å². The zero-order valence-electron chi connectivity index (χ0n) is 12.8. The molecule has 1 atom stereocenters. The van der Waals surface area contributed by atoms with Gasteiger partial charge in [0.1, 0.15) is 6.29 Å². The maximum atomic E-state index is 10.5. The van der Waals surface area contributed by atoms with Crippen LogP contribution in [0.4, 0.5) is 0 Å². The number of fused-ring (bicyclic) bond motifs is 1. The second kappa shape index (κ2) is 13.9.